The largest absolute Gasteiger partial charge is 0.481 e. The second kappa shape index (κ2) is 15.5. The highest BCUT2D eigenvalue weighted by Gasteiger charge is 2.72. The van der Waals surface area contributed by atoms with E-state index in [1.165, 1.54) is 6.07 Å². The van der Waals surface area contributed by atoms with E-state index in [1.807, 2.05) is 0 Å². The molecule has 0 aliphatic carbocycles. The number of unbranched alkanes of at least 4 members (excludes halogenated alkanes) is 8. The standard InChI is InChI=1S/C31H36O13/c1-2-3-4-5-6-7-8-9-10-17-30(26(36)37,31(27(38)39,28(40)41)29(42)43)19-11-13-20(14-12-19)44-21-15-16-22(24(32)33)23(18-21)25(34)35/h11-16,18H,2-10,17H2,1H3,(H,32,33)(H,34,35)(H,36,37)(H,38,39)(H,40,41)(H,42,43). The molecule has 0 fully saturated rings. The number of rotatable bonds is 20. The van der Waals surface area contributed by atoms with Gasteiger partial charge in [-0.3, -0.25) is 19.2 Å². The van der Waals surface area contributed by atoms with Gasteiger partial charge in [0.05, 0.1) is 11.1 Å². The maximum Gasteiger partial charge on any atom is 0.336 e. The Bertz CT molecular complexity index is 1340. The second-order valence-corrected chi connectivity index (χ2v) is 10.4. The minimum absolute atomic E-state index is 0.0307. The van der Waals surface area contributed by atoms with E-state index in [4.69, 9.17) is 4.74 Å². The van der Waals surface area contributed by atoms with Gasteiger partial charge in [-0.25, -0.2) is 9.59 Å². The van der Waals surface area contributed by atoms with E-state index < -0.39 is 69.8 Å². The molecular weight excluding hydrogens is 580 g/mol. The molecule has 13 heteroatoms. The number of carboxylic acid groups (broad SMARTS) is 6. The number of hydrogen-bond acceptors (Lipinski definition) is 7. The van der Waals surface area contributed by atoms with Crippen molar-refractivity contribution in [1.82, 2.24) is 0 Å². The molecule has 238 valence electrons. The molecule has 2 rings (SSSR count). The molecule has 13 nitrogen and oxygen atoms in total. The fraction of sp³-hybridized carbons (Fsp3) is 0.419. The van der Waals surface area contributed by atoms with Crippen molar-refractivity contribution in [2.45, 2.75) is 76.5 Å². The van der Waals surface area contributed by atoms with E-state index in [2.05, 4.69) is 6.92 Å². The van der Waals surface area contributed by atoms with Crippen LogP contribution in [0.3, 0.4) is 0 Å². The Balaban J connectivity index is 2.49. The highest BCUT2D eigenvalue weighted by atomic mass is 16.5. The summed E-state index contributed by atoms with van der Waals surface area (Å²) in [5.41, 5.74) is -8.18. The molecule has 0 aliphatic rings. The van der Waals surface area contributed by atoms with Crippen molar-refractivity contribution < 1.29 is 64.1 Å². The normalized spacial score (nSPS) is 12.6. The van der Waals surface area contributed by atoms with E-state index >= 15 is 0 Å². The van der Waals surface area contributed by atoms with E-state index in [1.54, 1.807) is 0 Å². The second-order valence-electron chi connectivity index (χ2n) is 10.4. The number of benzene rings is 2. The van der Waals surface area contributed by atoms with Crippen LogP contribution in [0.2, 0.25) is 0 Å². The Labute approximate surface area is 252 Å². The Kier molecular flexibility index (Phi) is 12.4. The summed E-state index contributed by atoms with van der Waals surface area (Å²) < 4.78 is 5.57. The first-order valence-electron chi connectivity index (χ1n) is 14.1. The van der Waals surface area contributed by atoms with Crippen molar-refractivity contribution in [3.8, 4) is 11.5 Å². The zero-order chi connectivity index (χ0) is 33.1. The first-order chi connectivity index (χ1) is 20.8. The molecule has 0 saturated heterocycles. The van der Waals surface area contributed by atoms with Crippen molar-refractivity contribution in [1.29, 1.82) is 0 Å². The zero-order valence-corrected chi connectivity index (χ0v) is 24.2. The molecule has 2 aromatic carbocycles. The van der Waals surface area contributed by atoms with Crippen LogP contribution in [0.25, 0.3) is 0 Å². The van der Waals surface area contributed by atoms with Gasteiger partial charge < -0.3 is 35.4 Å². The summed E-state index contributed by atoms with van der Waals surface area (Å²) in [6, 6.07) is 7.53. The van der Waals surface area contributed by atoms with Gasteiger partial charge in [-0.05, 0) is 42.3 Å². The Morgan fingerprint density at radius 2 is 1.02 bits per heavy atom. The number of carboxylic acids is 6. The maximum absolute atomic E-state index is 12.9. The molecule has 1 atom stereocenters. The van der Waals surface area contributed by atoms with Crippen LogP contribution in [0.4, 0.5) is 0 Å². The monoisotopic (exact) mass is 616 g/mol. The van der Waals surface area contributed by atoms with Gasteiger partial charge in [-0.15, -0.1) is 0 Å². The quantitative estimate of drug-likeness (QED) is 0.0813. The number of aliphatic carboxylic acids is 4. The lowest BCUT2D eigenvalue weighted by Crippen LogP contribution is -2.64. The average Bonchev–Trinajstić information content (AvgIpc) is 2.95. The summed E-state index contributed by atoms with van der Waals surface area (Å²) in [5, 5.41) is 58.9. The van der Waals surface area contributed by atoms with Gasteiger partial charge in [0, 0.05) is 0 Å². The number of ether oxygens (including phenoxy) is 1. The van der Waals surface area contributed by atoms with Crippen molar-refractivity contribution >= 4 is 35.8 Å². The van der Waals surface area contributed by atoms with E-state index in [-0.39, 0.29) is 17.9 Å². The predicted octanol–water partition coefficient (Wildman–Crippen LogP) is 5.36. The van der Waals surface area contributed by atoms with Crippen LogP contribution >= 0.6 is 0 Å². The molecule has 0 aliphatic heterocycles. The molecule has 0 saturated carbocycles. The van der Waals surface area contributed by atoms with Gasteiger partial charge in [0.1, 0.15) is 16.9 Å². The summed E-state index contributed by atoms with van der Waals surface area (Å²) in [4.78, 5) is 72.9. The van der Waals surface area contributed by atoms with Gasteiger partial charge in [-0.1, -0.05) is 76.8 Å². The molecule has 0 aromatic heterocycles. The third-order valence-corrected chi connectivity index (χ3v) is 7.66. The van der Waals surface area contributed by atoms with Crippen molar-refractivity contribution in [2.24, 2.45) is 5.41 Å². The van der Waals surface area contributed by atoms with Crippen LogP contribution in [-0.2, 0) is 24.6 Å². The zero-order valence-electron chi connectivity index (χ0n) is 24.2. The predicted molar refractivity (Wildman–Crippen MR) is 153 cm³/mol. The van der Waals surface area contributed by atoms with Gasteiger partial charge in [-0.2, -0.15) is 0 Å². The summed E-state index contributed by atoms with van der Waals surface area (Å²) in [7, 11) is 0. The van der Waals surface area contributed by atoms with E-state index in [9.17, 15) is 59.4 Å². The number of carbonyl (C=O) groups is 6. The molecule has 2 aromatic rings. The van der Waals surface area contributed by atoms with Crippen LogP contribution in [0.1, 0.15) is 97.4 Å². The summed E-state index contributed by atoms with van der Waals surface area (Å²) in [6.07, 6.45) is 6.60. The Morgan fingerprint density at radius 3 is 1.45 bits per heavy atom. The third kappa shape index (κ3) is 7.33. The molecule has 6 N–H and O–H groups in total. The lowest BCUT2D eigenvalue weighted by atomic mass is 9.57. The van der Waals surface area contributed by atoms with Crippen LogP contribution in [-0.4, -0.2) is 66.5 Å². The van der Waals surface area contributed by atoms with Crippen molar-refractivity contribution in [3.05, 3.63) is 59.2 Å². The van der Waals surface area contributed by atoms with E-state index in [0.717, 1.165) is 74.9 Å². The van der Waals surface area contributed by atoms with Gasteiger partial charge >= 0.3 is 35.8 Å². The number of hydrogen-bond donors (Lipinski definition) is 6. The molecule has 0 amide bonds. The highest BCUT2D eigenvalue weighted by molar-refractivity contribution is 6.21. The molecule has 0 bridgehead atoms. The molecule has 1 unspecified atom stereocenters. The van der Waals surface area contributed by atoms with Gasteiger partial charge in [0.15, 0.2) is 0 Å². The fourth-order valence-corrected chi connectivity index (χ4v) is 5.36. The summed E-state index contributed by atoms with van der Waals surface area (Å²) in [6.45, 7) is 2.10. The van der Waals surface area contributed by atoms with Crippen LogP contribution < -0.4 is 4.74 Å². The smallest absolute Gasteiger partial charge is 0.336 e. The number of aromatic carboxylic acids is 2. The molecule has 0 heterocycles. The lowest BCUT2D eigenvalue weighted by Gasteiger charge is -2.39. The summed E-state index contributed by atoms with van der Waals surface area (Å²) >= 11 is 0. The first kappa shape index (κ1) is 35.3. The molecular formula is C31H36O13. The van der Waals surface area contributed by atoms with Crippen molar-refractivity contribution in [2.75, 3.05) is 0 Å². The Hall–Kier alpha value is -4.94. The van der Waals surface area contributed by atoms with E-state index in [0.29, 0.717) is 12.8 Å². The highest BCUT2D eigenvalue weighted by Crippen LogP contribution is 2.48. The first-order valence-corrected chi connectivity index (χ1v) is 14.1. The molecule has 0 spiro atoms. The van der Waals surface area contributed by atoms with Crippen LogP contribution in [0.15, 0.2) is 42.5 Å². The third-order valence-electron chi connectivity index (χ3n) is 7.66. The summed E-state index contributed by atoms with van der Waals surface area (Å²) in [5.74, 6) is -12.2. The topological polar surface area (TPSA) is 233 Å². The molecule has 44 heavy (non-hydrogen) atoms. The minimum atomic E-state index is -3.79. The minimum Gasteiger partial charge on any atom is -0.481 e. The maximum atomic E-state index is 12.9. The van der Waals surface area contributed by atoms with Gasteiger partial charge in [0.25, 0.3) is 5.41 Å². The van der Waals surface area contributed by atoms with Crippen LogP contribution in [0, 0.1) is 5.41 Å². The lowest BCUT2D eigenvalue weighted by molar-refractivity contribution is -0.189. The molecule has 0 radical (unpaired) electrons. The fourth-order valence-electron chi connectivity index (χ4n) is 5.36. The van der Waals surface area contributed by atoms with Crippen molar-refractivity contribution in [3.63, 3.8) is 0 Å². The average molecular weight is 617 g/mol. The SMILES string of the molecule is CCCCCCCCCCCC(C(=O)O)(c1ccc(Oc2ccc(C(=O)O)c(C(=O)O)c2)cc1)C(C(=O)O)(C(=O)O)C(=O)O. The van der Waals surface area contributed by atoms with Gasteiger partial charge in [0.2, 0.25) is 0 Å². The van der Waals surface area contributed by atoms with Crippen LogP contribution in [0.5, 0.6) is 11.5 Å². The Morgan fingerprint density at radius 1 is 0.568 bits per heavy atom.